The molecule has 2 aromatic heterocycles. The molecule has 0 saturated carbocycles. The molecule has 0 aliphatic carbocycles. The van der Waals surface area contributed by atoms with Crippen LogP contribution < -0.4 is 24.6 Å². The van der Waals surface area contributed by atoms with Gasteiger partial charge in [-0.05, 0) is 48.5 Å². The van der Waals surface area contributed by atoms with Crippen LogP contribution in [0.25, 0.3) is 16.7 Å². The van der Waals surface area contributed by atoms with E-state index in [1.165, 1.54) is 12.1 Å². The maximum atomic E-state index is 13.4. The standard InChI is InChI=1S/C29H28FN7O2/c1-38-23-12-13-26(39-2)25(18-23)32-27-24-19-31-37(22-6-4-3-5-7-22)28(24)34-29(33-27)36-16-14-35(15-17-36)21-10-8-20(30)9-11-21/h3-13,18-19H,14-17H2,1-2H3,(H,32,33,34). The molecule has 9 nitrogen and oxygen atoms in total. The SMILES string of the molecule is COc1ccc(OC)c(Nc2nc(N3CCN(c4ccc(F)cc4)CC3)nc3c2cnn3-c2ccccc2)c1. The van der Waals surface area contributed by atoms with E-state index in [1.807, 2.05) is 65.3 Å². The van der Waals surface area contributed by atoms with Gasteiger partial charge in [0.1, 0.15) is 23.1 Å². The normalized spacial score (nSPS) is 13.5. The van der Waals surface area contributed by atoms with Gasteiger partial charge in [-0.2, -0.15) is 15.1 Å². The van der Waals surface area contributed by atoms with Crippen LogP contribution in [0, 0.1) is 5.82 Å². The van der Waals surface area contributed by atoms with Crippen molar-refractivity contribution in [2.45, 2.75) is 0 Å². The van der Waals surface area contributed by atoms with Crippen molar-refractivity contribution in [1.29, 1.82) is 0 Å². The number of hydrogen-bond acceptors (Lipinski definition) is 8. The van der Waals surface area contributed by atoms with Crippen LogP contribution >= 0.6 is 0 Å². The molecule has 0 unspecified atom stereocenters. The molecule has 0 bridgehead atoms. The second kappa shape index (κ2) is 10.5. The number of halogens is 1. The van der Waals surface area contributed by atoms with E-state index in [0.29, 0.717) is 42.0 Å². The summed E-state index contributed by atoms with van der Waals surface area (Å²) in [5.41, 5.74) is 3.32. The zero-order chi connectivity index (χ0) is 26.8. The van der Waals surface area contributed by atoms with Crippen molar-refractivity contribution in [3.8, 4) is 17.2 Å². The third kappa shape index (κ3) is 4.88. The smallest absolute Gasteiger partial charge is 0.229 e. The fraction of sp³-hybridized carbons (Fsp3) is 0.207. The summed E-state index contributed by atoms with van der Waals surface area (Å²) in [5, 5.41) is 8.87. The Morgan fingerprint density at radius 2 is 1.54 bits per heavy atom. The van der Waals surface area contributed by atoms with Crippen molar-refractivity contribution in [1.82, 2.24) is 19.7 Å². The molecule has 0 spiro atoms. The number of rotatable bonds is 7. The molecule has 0 atom stereocenters. The van der Waals surface area contributed by atoms with Gasteiger partial charge in [0, 0.05) is 37.9 Å². The number of para-hydroxylation sites is 1. The second-order valence-corrected chi connectivity index (χ2v) is 9.14. The van der Waals surface area contributed by atoms with Crippen LogP contribution in [0.15, 0.2) is 79.0 Å². The van der Waals surface area contributed by atoms with E-state index < -0.39 is 0 Å². The van der Waals surface area contributed by atoms with Gasteiger partial charge >= 0.3 is 0 Å². The van der Waals surface area contributed by atoms with Crippen LogP contribution in [0.2, 0.25) is 0 Å². The van der Waals surface area contributed by atoms with Gasteiger partial charge in [-0.3, -0.25) is 0 Å². The lowest BCUT2D eigenvalue weighted by Crippen LogP contribution is -2.47. The predicted octanol–water partition coefficient (Wildman–Crippen LogP) is 5.04. The number of aromatic nitrogens is 4. The van der Waals surface area contributed by atoms with Gasteiger partial charge in [-0.15, -0.1) is 0 Å². The van der Waals surface area contributed by atoms with E-state index in [9.17, 15) is 4.39 Å². The molecule has 5 aromatic rings. The zero-order valence-corrected chi connectivity index (χ0v) is 21.7. The highest BCUT2D eigenvalue weighted by Gasteiger charge is 2.23. The molecule has 1 fully saturated rings. The van der Waals surface area contributed by atoms with Gasteiger partial charge in [0.15, 0.2) is 5.65 Å². The van der Waals surface area contributed by atoms with Crippen molar-refractivity contribution in [3.63, 3.8) is 0 Å². The molecular formula is C29H28FN7O2. The summed E-state index contributed by atoms with van der Waals surface area (Å²) in [6.45, 7) is 2.95. The third-order valence-electron chi connectivity index (χ3n) is 6.83. The number of methoxy groups -OCH3 is 2. The van der Waals surface area contributed by atoms with Gasteiger partial charge in [0.25, 0.3) is 0 Å². The minimum absolute atomic E-state index is 0.234. The zero-order valence-electron chi connectivity index (χ0n) is 21.7. The number of fused-ring (bicyclic) bond motifs is 1. The highest BCUT2D eigenvalue weighted by Crippen LogP contribution is 2.34. The van der Waals surface area contributed by atoms with Crippen molar-refractivity contribution < 1.29 is 13.9 Å². The number of benzene rings is 3. The van der Waals surface area contributed by atoms with Crippen LogP contribution in [-0.2, 0) is 0 Å². The fourth-order valence-corrected chi connectivity index (χ4v) is 4.75. The van der Waals surface area contributed by atoms with E-state index in [0.717, 1.165) is 35.5 Å². The molecule has 1 saturated heterocycles. The van der Waals surface area contributed by atoms with E-state index in [4.69, 9.17) is 19.4 Å². The van der Waals surface area contributed by atoms with Gasteiger partial charge in [0.05, 0.1) is 37.2 Å². The highest BCUT2D eigenvalue weighted by molar-refractivity contribution is 5.91. The molecule has 10 heteroatoms. The van der Waals surface area contributed by atoms with Crippen molar-refractivity contribution in [2.24, 2.45) is 0 Å². The molecule has 39 heavy (non-hydrogen) atoms. The van der Waals surface area contributed by atoms with E-state index >= 15 is 0 Å². The number of anilines is 4. The minimum atomic E-state index is -0.234. The lowest BCUT2D eigenvalue weighted by Gasteiger charge is -2.36. The van der Waals surface area contributed by atoms with Crippen LogP contribution in [0.3, 0.4) is 0 Å². The number of piperazine rings is 1. The molecule has 6 rings (SSSR count). The molecule has 0 amide bonds. The molecule has 0 radical (unpaired) electrons. The Morgan fingerprint density at radius 1 is 0.795 bits per heavy atom. The number of hydrogen-bond donors (Lipinski definition) is 1. The van der Waals surface area contributed by atoms with Crippen molar-refractivity contribution in [3.05, 3.63) is 84.8 Å². The Bertz CT molecular complexity index is 1580. The monoisotopic (exact) mass is 525 g/mol. The topological polar surface area (TPSA) is 80.6 Å². The van der Waals surface area contributed by atoms with Crippen LogP contribution in [0.5, 0.6) is 11.5 Å². The number of nitrogens with zero attached hydrogens (tertiary/aromatic N) is 6. The van der Waals surface area contributed by atoms with Crippen LogP contribution in [0.4, 0.5) is 27.5 Å². The quantitative estimate of drug-likeness (QED) is 0.317. The summed E-state index contributed by atoms with van der Waals surface area (Å²) < 4.78 is 26.3. The van der Waals surface area contributed by atoms with E-state index in [1.54, 1.807) is 20.4 Å². The maximum Gasteiger partial charge on any atom is 0.229 e. The molecule has 3 heterocycles. The largest absolute Gasteiger partial charge is 0.497 e. The molecule has 198 valence electrons. The van der Waals surface area contributed by atoms with Gasteiger partial charge < -0.3 is 24.6 Å². The maximum absolute atomic E-state index is 13.4. The first kappa shape index (κ1) is 24.5. The highest BCUT2D eigenvalue weighted by atomic mass is 19.1. The fourth-order valence-electron chi connectivity index (χ4n) is 4.75. The van der Waals surface area contributed by atoms with Crippen LogP contribution in [-0.4, -0.2) is 60.1 Å². The van der Waals surface area contributed by atoms with E-state index in [2.05, 4.69) is 20.2 Å². The van der Waals surface area contributed by atoms with Gasteiger partial charge in [-0.1, -0.05) is 18.2 Å². The summed E-state index contributed by atoms with van der Waals surface area (Å²) in [4.78, 5) is 14.3. The summed E-state index contributed by atoms with van der Waals surface area (Å²) in [5.74, 6) is 2.34. The minimum Gasteiger partial charge on any atom is -0.497 e. The van der Waals surface area contributed by atoms with Crippen molar-refractivity contribution in [2.75, 3.05) is 55.5 Å². The molecule has 1 aliphatic rings. The summed E-state index contributed by atoms with van der Waals surface area (Å²) in [6.07, 6.45) is 1.77. The summed E-state index contributed by atoms with van der Waals surface area (Å²) in [7, 11) is 3.25. The first-order valence-electron chi connectivity index (χ1n) is 12.7. The molecular weight excluding hydrogens is 497 g/mol. The summed E-state index contributed by atoms with van der Waals surface area (Å²) >= 11 is 0. The Hall–Kier alpha value is -4.86. The van der Waals surface area contributed by atoms with E-state index in [-0.39, 0.29) is 5.82 Å². The first-order chi connectivity index (χ1) is 19.1. The van der Waals surface area contributed by atoms with Crippen LogP contribution in [0.1, 0.15) is 0 Å². The second-order valence-electron chi connectivity index (χ2n) is 9.14. The molecule has 1 N–H and O–H groups in total. The van der Waals surface area contributed by atoms with Gasteiger partial charge in [0.2, 0.25) is 5.95 Å². The Morgan fingerprint density at radius 3 is 2.26 bits per heavy atom. The average molecular weight is 526 g/mol. The average Bonchev–Trinajstić information content (AvgIpc) is 3.42. The number of ether oxygens (including phenoxy) is 2. The lowest BCUT2D eigenvalue weighted by molar-refractivity contribution is 0.405. The first-order valence-corrected chi connectivity index (χ1v) is 12.7. The van der Waals surface area contributed by atoms with Crippen molar-refractivity contribution >= 4 is 34.2 Å². The Kier molecular flexibility index (Phi) is 6.58. The predicted molar refractivity (Wildman–Crippen MR) is 150 cm³/mol. The molecule has 1 aliphatic heterocycles. The third-order valence-corrected chi connectivity index (χ3v) is 6.83. The Balaban J connectivity index is 1.38. The summed E-state index contributed by atoms with van der Waals surface area (Å²) in [6, 6.07) is 22.1. The number of nitrogens with one attached hydrogen (secondary N) is 1. The van der Waals surface area contributed by atoms with Gasteiger partial charge in [-0.25, -0.2) is 9.07 Å². The lowest BCUT2D eigenvalue weighted by atomic mass is 10.2. The Labute approximate surface area is 225 Å². The molecule has 3 aromatic carbocycles.